The molecule has 2 amide bonds. The molecular formula is C15H20N4O2. The molecule has 21 heavy (non-hydrogen) atoms. The van der Waals surface area contributed by atoms with Gasteiger partial charge in [0.2, 0.25) is 0 Å². The molecule has 0 fully saturated rings. The highest BCUT2D eigenvalue weighted by atomic mass is 16.3. The molecule has 6 nitrogen and oxygen atoms in total. The van der Waals surface area contributed by atoms with Gasteiger partial charge in [0.15, 0.2) is 0 Å². The summed E-state index contributed by atoms with van der Waals surface area (Å²) in [6.07, 6.45) is 3.57. The van der Waals surface area contributed by atoms with E-state index in [1.165, 1.54) is 0 Å². The van der Waals surface area contributed by atoms with E-state index in [1.54, 1.807) is 10.9 Å². The normalized spacial score (nSPS) is 13.5. The van der Waals surface area contributed by atoms with Crippen molar-refractivity contribution in [3.63, 3.8) is 0 Å². The van der Waals surface area contributed by atoms with E-state index < -0.39 is 6.04 Å². The average molecular weight is 288 g/mol. The number of amides is 2. The van der Waals surface area contributed by atoms with E-state index >= 15 is 0 Å². The highest BCUT2D eigenvalue weighted by Crippen LogP contribution is 2.13. The lowest BCUT2D eigenvalue weighted by molar-refractivity contribution is 0.214. The molecule has 1 heterocycles. The van der Waals surface area contributed by atoms with Gasteiger partial charge in [-0.3, -0.25) is 4.68 Å². The van der Waals surface area contributed by atoms with Crippen LogP contribution in [0.3, 0.4) is 0 Å². The fourth-order valence-electron chi connectivity index (χ4n) is 2.06. The summed E-state index contributed by atoms with van der Waals surface area (Å²) in [4.78, 5) is 12.0. The molecule has 0 aliphatic heterocycles. The molecule has 2 atom stereocenters. The van der Waals surface area contributed by atoms with E-state index in [-0.39, 0.29) is 18.7 Å². The van der Waals surface area contributed by atoms with Crippen molar-refractivity contribution in [3.8, 4) is 0 Å². The summed E-state index contributed by atoms with van der Waals surface area (Å²) in [5.41, 5.74) is 1.79. The molecule has 0 saturated carbocycles. The lowest BCUT2D eigenvalue weighted by Gasteiger charge is -2.19. The third kappa shape index (κ3) is 4.06. The Bertz CT molecular complexity index is 582. The van der Waals surface area contributed by atoms with E-state index in [0.29, 0.717) is 0 Å². The van der Waals surface area contributed by atoms with Crippen LogP contribution in [0.4, 0.5) is 4.79 Å². The monoisotopic (exact) mass is 288 g/mol. The standard InChI is InChI=1S/C15H20N4O2/c1-11(13-8-16-19(2)9-13)17-15(21)18-14(10-20)12-6-4-3-5-7-12/h3-9,11,14,20H,10H2,1-2H3,(H2,17,18,21)/t11?,14-/m1/s1. The molecule has 6 heteroatoms. The smallest absolute Gasteiger partial charge is 0.315 e. The number of nitrogens with zero attached hydrogens (tertiary/aromatic N) is 2. The van der Waals surface area contributed by atoms with Gasteiger partial charge in [0, 0.05) is 18.8 Å². The Balaban J connectivity index is 1.94. The highest BCUT2D eigenvalue weighted by Gasteiger charge is 2.16. The maximum atomic E-state index is 12.0. The number of aliphatic hydroxyl groups is 1. The van der Waals surface area contributed by atoms with Gasteiger partial charge in [0.1, 0.15) is 0 Å². The van der Waals surface area contributed by atoms with Crippen molar-refractivity contribution in [1.82, 2.24) is 20.4 Å². The number of carbonyl (C=O) groups excluding carboxylic acids is 1. The zero-order chi connectivity index (χ0) is 15.2. The maximum absolute atomic E-state index is 12.0. The lowest BCUT2D eigenvalue weighted by Crippen LogP contribution is -2.40. The third-order valence-electron chi connectivity index (χ3n) is 3.26. The Kier molecular flexibility index (Phi) is 4.94. The van der Waals surface area contributed by atoms with Gasteiger partial charge in [-0.1, -0.05) is 30.3 Å². The topological polar surface area (TPSA) is 79.2 Å². The zero-order valence-electron chi connectivity index (χ0n) is 12.2. The second-order valence-corrected chi connectivity index (χ2v) is 4.93. The number of hydrogen-bond donors (Lipinski definition) is 3. The van der Waals surface area contributed by atoms with Crippen LogP contribution in [0, 0.1) is 0 Å². The first-order chi connectivity index (χ1) is 10.1. The van der Waals surface area contributed by atoms with Crippen molar-refractivity contribution in [2.45, 2.75) is 19.0 Å². The summed E-state index contributed by atoms with van der Waals surface area (Å²) in [5.74, 6) is 0. The van der Waals surface area contributed by atoms with Crippen molar-refractivity contribution in [2.75, 3.05) is 6.61 Å². The first kappa shape index (κ1) is 15.1. The second kappa shape index (κ2) is 6.90. The Morgan fingerprint density at radius 3 is 2.57 bits per heavy atom. The van der Waals surface area contributed by atoms with Gasteiger partial charge in [0.05, 0.1) is 24.9 Å². The first-order valence-electron chi connectivity index (χ1n) is 6.81. The summed E-state index contributed by atoms with van der Waals surface area (Å²) in [6, 6.07) is 8.46. The van der Waals surface area contributed by atoms with Crippen molar-refractivity contribution in [2.24, 2.45) is 7.05 Å². The van der Waals surface area contributed by atoms with Crippen LogP contribution in [0.2, 0.25) is 0 Å². The molecule has 1 aromatic heterocycles. The largest absolute Gasteiger partial charge is 0.394 e. The first-order valence-corrected chi connectivity index (χ1v) is 6.81. The number of aromatic nitrogens is 2. The van der Waals surface area contributed by atoms with Crippen LogP contribution < -0.4 is 10.6 Å². The average Bonchev–Trinajstić information content (AvgIpc) is 2.92. The molecule has 2 rings (SSSR count). The number of aryl methyl sites for hydroxylation is 1. The maximum Gasteiger partial charge on any atom is 0.315 e. The Morgan fingerprint density at radius 1 is 1.29 bits per heavy atom. The number of rotatable bonds is 5. The van der Waals surface area contributed by atoms with Gasteiger partial charge in [-0.25, -0.2) is 4.79 Å². The fraction of sp³-hybridized carbons (Fsp3) is 0.333. The fourth-order valence-corrected chi connectivity index (χ4v) is 2.06. The van der Waals surface area contributed by atoms with Crippen LogP contribution in [0.25, 0.3) is 0 Å². The predicted molar refractivity (Wildman–Crippen MR) is 79.6 cm³/mol. The number of aliphatic hydroxyl groups excluding tert-OH is 1. The summed E-state index contributed by atoms with van der Waals surface area (Å²) in [7, 11) is 1.83. The number of nitrogens with one attached hydrogen (secondary N) is 2. The van der Waals surface area contributed by atoms with E-state index in [2.05, 4.69) is 15.7 Å². The molecule has 0 saturated heterocycles. The van der Waals surface area contributed by atoms with Crippen molar-refractivity contribution in [3.05, 3.63) is 53.9 Å². The number of carbonyl (C=O) groups is 1. The molecule has 112 valence electrons. The minimum atomic E-state index is -0.424. The summed E-state index contributed by atoms with van der Waals surface area (Å²) < 4.78 is 1.69. The number of benzene rings is 1. The van der Waals surface area contributed by atoms with Gasteiger partial charge in [0.25, 0.3) is 0 Å². The molecule has 2 aromatic rings. The molecular weight excluding hydrogens is 268 g/mol. The molecule has 0 aliphatic carbocycles. The molecule has 1 aromatic carbocycles. The minimum absolute atomic E-state index is 0.154. The summed E-state index contributed by atoms with van der Waals surface area (Å²) in [6.45, 7) is 1.73. The molecule has 0 aliphatic rings. The van der Waals surface area contributed by atoms with Crippen LogP contribution in [0.15, 0.2) is 42.7 Å². The molecule has 0 radical (unpaired) electrons. The quantitative estimate of drug-likeness (QED) is 0.780. The van der Waals surface area contributed by atoms with E-state index in [1.807, 2.05) is 50.5 Å². The van der Waals surface area contributed by atoms with Crippen LogP contribution in [0.5, 0.6) is 0 Å². The van der Waals surface area contributed by atoms with E-state index in [4.69, 9.17) is 0 Å². The van der Waals surface area contributed by atoms with Gasteiger partial charge in [-0.2, -0.15) is 5.10 Å². The molecule has 3 N–H and O–H groups in total. The second-order valence-electron chi connectivity index (χ2n) is 4.93. The molecule has 0 spiro atoms. The van der Waals surface area contributed by atoms with Gasteiger partial charge in [-0.05, 0) is 12.5 Å². The Labute approximate surface area is 123 Å². The lowest BCUT2D eigenvalue weighted by atomic mass is 10.1. The minimum Gasteiger partial charge on any atom is -0.394 e. The third-order valence-corrected chi connectivity index (χ3v) is 3.26. The number of urea groups is 1. The SMILES string of the molecule is CC(NC(=O)N[C@H](CO)c1ccccc1)c1cnn(C)c1. The van der Waals surface area contributed by atoms with Crippen LogP contribution in [-0.4, -0.2) is 27.5 Å². The van der Waals surface area contributed by atoms with Gasteiger partial charge in [-0.15, -0.1) is 0 Å². The van der Waals surface area contributed by atoms with E-state index in [0.717, 1.165) is 11.1 Å². The van der Waals surface area contributed by atoms with Crippen molar-refractivity contribution >= 4 is 6.03 Å². The zero-order valence-corrected chi connectivity index (χ0v) is 12.2. The number of hydrogen-bond acceptors (Lipinski definition) is 3. The molecule has 0 bridgehead atoms. The Morgan fingerprint density at radius 2 is 2.00 bits per heavy atom. The van der Waals surface area contributed by atoms with Crippen molar-refractivity contribution in [1.29, 1.82) is 0 Å². The van der Waals surface area contributed by atoms with Crippen molar-refractivity contribution < 1.29 is 9.90 Å². The Hall–Kier alpha value is -2.34. The highest BCUT2D eigenvalue weighted by molar-refractivity contribution is 5.75. The van der Waals surface area contributed by atoms with E-state index in [9.17, 15) is 9.90 Å². The van der Waals surface area contributed by atoms with Crippen LogP contribution in [0.1, 0.15) is 30.1 Å². The summed E-state index contributed by atoms with van der Waals surface area (Å²) >= 11 is 0. The predicted octanol–water partition coefficient (Wildman–Crippen LogP) is 1.51. The van der Waals surface area contributed by atoms with Gasteiger partial charge >= 0.3 is 6.03 Å². The van der Waals surface area contributed by atoms with Crippen LogP contribution in [-0.2, 0) is 7.05 Å². The molecule has 1 unspecified atom stereocenters. The van der Waals surface area contributed by atoms with Gasteiger partial charge < -0.3 is 15.7 Å². The van der Waals surface area contributed by atoms with Crippen LogP contribution >= 0.6 is 0 Å². The summed E-state index contributed by atoms with van der Waals surface area (Å²) in [5, 5.41) is 19.1.